The number of carbonyl (C=O) groups excluding carboxylic acids is 3. The number of hydrogen-bond donors (Lipinski definition) is 0. The molecule has 0 unspecified atom stereocenters. The van der Waals surface area contributed by atoms with E-state index >= 15 is 0 Å². The van der Waals surface area contributed by atoms with Crippen molar-refractivity contribution < 1.29 is 23.5 Å². The molecule has 2 rings (SSSR count). The van der Waals surface area contributed by atoms with Crippen molar-refractivity contribution in [2.24, 2.45) is 0 Å². The molecule has 0 saturated heterocycles. The van der Waals surface area contributed by atoms with Crippen LogP contribution in [0.25, 0.3) is 0 Å². The van der Waals surface area contributed by atoms with E-state index in [9.17, 15) is 18.8 Å². The Kier molecular flexibility index (Phi) is 6.85. The molecule has 0 aliphatic carbocycles. The van der Waals surface area contributed by atoms with Crippen LogP contribution in [-0.4, -0.2) is 46.3 Å². The highest BCUT2D eigenvalue weighted by atomic mass is 19.1. The number of Topliss-reactive ketones (excluding diaryl/α,β-unsaturated/α-hetero) is 1. The molecular formula is C23H29FN2O4. The molecule has 0 bridgehead atoms. The van der Waals surface area contributed by atoms with Crippen molar-refractivity contribution in [3.05, 3.63) is 58.2 Å². The van der Waals surface area contributed by atoms with Crippen LogP contribution in [-0.2, 0) is 11.3 Å². The van der Waals surface area contributed by atoms with Crippen molar-refractivity contribution in [3.63, 3.8) is 0 Å². The first kappa shape index (κ1) is 23.3. The van der Waals surface area contributed by atoms with Crippen molar-refractivity contribution in [1.29, 1.82) is 0 Å². The van der Waals surface area contributed by atoms with Gasteiger partial charge in [-0.15, -0.1) is 0 Å². The summed E-state index contributed by atoms with van der Waals surface area (Å²) in [6.45, 7) is 11.2. The van der Waals surface area contributed by atoms with Crippen LogP contribution in [0.3, 0.4) is 0 Å². The fraction of sp³-hybridized carbons (Fsp3) is 0.435. The lowest BCUT2D eigenvalue weighted by Gasteiger charge is -2.35. The molecule has 0 aliphatic rings. The summed E-state index contributed by atoms with van der Waals surface area (Å²) in [7, 11) is 1.30. The second kappa shape index (κ2) is 8.81. The molecule has 0 radical (unpaired) electrons. The average Bonchev–Trinajstić information content (AvgIpc) is 2.94. The van der Waals surface area contributed by atoms with Gasteiger partial charge in [0, 0.05) is 28.9 Å². The summed E-state index contributed by atoms with van der Waals surface area (Å²) < 4.78 is 19.9. The van der Waals surface area contributed by atoms with Crippen LogP contribution in [0, 0.1) is 19.7 Å². The number of ether oxygens (including phenoxy) is 1. The smallest absolute Gasteiger partial charge is 0.354 e. The SMILES string of the molecule is CCn1c(C)c(C(=O)CN(C(=O)c2ccc(F)cc2)C(C)(C)C)c(C)c1C(=O)OC. The van der Waals surface area contributed by atoms with Crippen LogP contribution in [0.5, 0.6) is 0 Å². The van der Waals surface area contributed by atoms with Crippen LogP contribution in [0.1, 0.15) is 70.2 Å². The minimum atomic E-state index is -0.651. The molecule has 7 heteroatoms. The summed E-state index contributed by atoms with van der Waals surface area (Å²) >= 11 is 0. The monoisotopic (exact) mass is 416 g/mol. The molecule has 0 spiro atoms. The van der Waals surface area contributed by atoms with Gasteiger partial charge in [0.05, 0.1) is 13.7 Å². The lowest BCUT2D eigenvalue weighted by Crippen LogP contribution is -2.48. The Morgan fingerprint density at radius 1 is 1.10 bits per heavy atom. The number of ketones is 1. The minimum Gasteiger partial charge on any atom is -0.464 e. The molecule has 1 aromatic heterocycles. The maximum absolute atomic E-state index is 13.3. The molecule has 6 nitrogen and oxygen atoms in total. The van der Waals surface area contributed by atoms with Crippen molar-refractivity contribution >= 4 is 17.7 Å². The second-order valence-corrected chi connectivity index (χ2v) is 8.16. The Morgan fingerprint density at radius 3 is 2.13 bits per heavy atom. The summed E-state index contributed by atoms with van der Waals surface area (Å²) in [6.07, 6.45) is 0. The van der Waals surface area contributed by atoms with Crippen LogP contribution in [0.2, 0.25) is 0 Å². The summed E-state index contributed by atoms with van der Waals surface area (Å²) in [5.41, 5.74) is 1.60. The molecule has 0 fully saturated rings. The normalized spacial score (nSPS) is 11.3. The van der Waals surface area contributed by atoms with Crippen molar-refractivity contribution in [3.8, 4) is 0 Å². The van der Waals surface area contributed by atoms with Gasteiger partial charge in [-0.05, 0) is 71.4 Å². The Labute approximate surface area is 176 Å². The zero-order valence-corrected chi connectivity index (χ0v) is 18.6. The van der Waals surface area contributed by atoms with Gasteiger partial charge in [-0.2, -0.15) is 0 Å². The van der Waals surface area contributed by atoms with E-state index in [1.54, 1.807) is 18.4 Å². The van der Waals surface area contributed by atoms with E-state index in [0.29, 0.717) is 34.6 Å². The molecule has 0 N–H and O–H groups in total. The zero-order valence-electron chi connectivity index (χ0n) is 18.6. The van der Waals surface area contributed by atoms with Gasteiger partial charge in [0.25, 0.3) is 5.91 Å². The van der Waals surface area contributed by atoms with Crippen LogP contribution in [0.15, 0.2) is 24.3 Å². The largest absolute Gasteiger partial charge is 0.464 e. The summed E-state index contributed by atoms with van der Waals surface area (Å²) in [5, 5.41) is 0. The standard InChI is InChI=1S/C23H29FN2O4/c1-8-25-15(3)19(14(2)20(25)22(29)30-7)18(27)13-26(23(4,5)6)21(28)16-9-11-17(24)12-10-16/h9-12H,8,13H2,1-7H3. The Balaban J connectivity index is 2.46. The summed E-state index contributed by atoms with van der Waals surface area (Å²) in [5.74, 6) is -1.58. The van der Waals surface area contributed by atoms with Crippen LogP contribution >= 0.6 is 0 Å². The van der Waals surface area contributed by atoms with E-state index < -0.39 is 17.3 Å². The number of amides is 1. The van der Waals surface area contributed by atoms with Crippen molar-refractivity contribution in [1.82, 2.24) is 9.47 Å². The van der Waals surface area contributed by atoms with E-state index in [4.69, 9.17) is 4.74 Å². The highest BCUT2D eigenvalue weighted by Crippen LogP contribution is 2.26. The highest BCUT2D eigenvalue weighted by molar-refractivity contribution is 6.06. The first-order valence-corrected chi connectivity index (χ1v) is 9.82. The van der Waals surface area contributed by atoms with Gasteiger partial charge in [-0.25, -0.2) is 9.18 Å². The molecule has 0 saturated carbocycles. The van der Waals surface area contributed by atoms with E-state index in [2.05, 4.69) is 0 Å². The zero-order chi connectivity index (χ0) is 22.8. The molecule has 162 valence electrons. The third-order valence-electron chi connectivity index (χ3n) is 5.19. The molecule has 1 heterocycles. The first-order chi connectivity index (χ1) is 13.9. The molecule has 0 atom stereocenters. The van der Waals surface area contributed by atoms with Gasteiger partial charge in [-0.3, -0.25) is 9.59 Å². The summed E-state index contributed by atoms with van der Waals surface area (Å²) in [4.78, 5) is 40.1. The number of methoxy groups -OCH3 is 1. The molecular weight excluding hydrogens is 387 g/mol. The first-order valence-electron chi connectivity index (χ1n) is 9.82. The quantitative estimate of drug-likeness (QED) is 0.523. The predicted molar refractivity (Wildman–Crippen MR) is 112 cm³/mol. The maximum atomic E-state index is 13.3. The average molecular weight is 416 g/mol. The Hall–Kier alpha value is -2.96. The van der Waals surface area contributed by atoms with Gasteiger partial charge in [-0.1, -0.05) is 0 Å². The molecule has 30 heavy (non-hydrogen) atoms. The van der Waals surface area contributed by atoms with Crippen molar-refractivity contribution in [2.75, 3.05) is 13.7 Å². The number of halogens is 1. The maximum Gasteiger partial charge on any atom is 0.354 e. The third-order valence-corrected chi connectivity index (χ3v) is 5.19. The van der Waals surface area contributed by atoms with E-state index in [1.807, 2.05) is 27.7 Å². The minimum absolute atomic E-state index is 0.171. The van der Waals surface area contributed by atoms with Gasteiger partial charge < -0.3 is 14.2 Å². The molecule has 2 aromatic rings. The van der Waals surface area contributed by atoms with E-state index in [1.165, 1.54) is 36.3 Å². The number of carbonyl (C=O) groups is 3. The number of rotatable bonds is 6. The Bertz CT molecular complexity index is 969. The van der Waals surface area contributed by atoms with E-state index in [0.717, 1.165) is 0 Å². The molecule has 1 aromatic carbocycles. The lowest BCUT2D eigenvalue weighted by atomic mass is 10.00. The van der Waals surface area contributed by atoms with Gasteiger partial charge >= 0.3 is 5.97 Å². The topological polar surface area (TPSA) is 68.6 Å². The van der Waals surface area contributed by atoms with Crippen molar-refractivity contribution in [2.45, 2.75) is 53.6 Å². The van der Waals surface area contributed by atoms with E-state index in [-0.39, 0.29) is 18.2 Å². The third kappa shape index (κ3) is 4.45. The number of nitrogens with zero attached hydrogens (tertiary/aromatic N) is 2. The fourth-order valence-electron chi connectivity index (χ4n) is 3.65. The number of esters is 1. The van der Waals surface area contributed by atoms with Crippen LogP contribution in [0.4, 0.5) is 4.39 Å². The number of benzene rings is 1. The number of aromatic nitrogens is 1. The predicted octanol–water partition coefficient (Wildman–Crippen LogP) is 4.17. The van der Waals surface area contributed by atoms with Gasteiger partial charge in [0.15, 0.2) is 5.78 Å². The Morgan fingerprint density at radius 2 is 1.67 bits per heavy atom. The second-order valence-electron chi connectivity index (χ2n) is 8.16. The highest BCUT2D eigenvalue weighted by Gasteiger charge is 2.32. The molecule has 1 amide bonds. The number of hydrogen-bond acceptors (Lipinski definition) is 4. The van der Waals surface area contributed by atoms with Gasteiger partial charge in [0.1, 0.15) is 11.5 Å². The summed E-state index contributed by atoms with van der Waals surface area (Å²) in [6, 6.07) is 5.24. The fourth-order valence-corrected chi connectivity index (χ4v) is 3.65. The molecule has 0 aliphatic heterocycles. The van der Waals surface area contributed by atoms with Crippen LogP contribution < -0.4 is 0 Å². The lowest BCUT2D eigenvalue weighted by molar-refractivity contribution is 0.0546. The van der Waals surface area contributed by atoms with Gasteiger partial charge in [0.2, 0.25) is 0 Å².